The van der Waals surface area contributed by atoms with E-state index in [0.29, 0.717) is 50.5 Å². The summed E-state index contributed by atoms with van der Waals surface area (Å²) in [5.41, 5.74) is 10.3. The van der Waals surface area contributed by atoms with Crippen molar-refractivity contribution in [1.29, 1.82) is 0 Å². The van der Waals surface area contributed by atoms with E-state index in [4.69, 9.17) is 15.2 Å². The highest BCUT2D eigenvalue weighted by Gasteiger charge is 2.48. The van der Waals surface area contributed by atoms with Crippen LogP contribution in [0.5, 0.6) is 11.5 Å². The summed E-state index contributed by atoms with van der Waals surface area (Å²) >= 11 is 0. The van der Waals surface area contributed by atoms with Crippen molar-refractivity contribution in [2.45, 2.75) is 51.1 Å². The first-order valence-corrected chi connectivity index (χ1v) is 15.7. The molecule has 10 heteroatoms. The maximum atomic E-state index is 14.1. The van der Waals surface area contributed by atoms with E-state index in [1.165, 1.54) is 0 Å². The highest BCUT2D eigenvalue weighted by Crippen LogP contribution is 2.43. The van der Waals surface area contributed by atoms with Crippen LogP contribution in [0, 0.1) is 5.92 Å². The van der Waals surface area contributed by atoms with Crippen LogP contribution in [0.15, 0.2) is 66.7 Å². The predicted molar refractivity (Wildman–Crippen MR) is 171 cm³/mol. The number of anilines is 2. The molecule has 3 aromatic rings. The highest BCUT2D eigenvalue weighted by molar-refractivity contribution is 6.01. The Hall–Kier alpha value is -4.41. The van der Waals surface area contributed by atoms with Crippen LogP contribution in [0.4, 0.5) is 11.4 Å². The summed E-state index contributed by atoms with van der Waals surface area (Å²) in [6.45, 7) is 3.92. The first-order chi connectivity index (χ1) is 21.9. The van der Waals surface area contributed by atoms with Crippen molar-refractivity contribution in [2.75, 3.05) is 42.8 Å². The van der Waals surface area contributed by atoms with E-state index in [9.17, 15) is 19.5 Å². The molecule has 0 aromatic heterocycles. The first-order valence-electron chi connectivity index (χ1n) is 15.7. The Morgan fingerprint density at radius 3 is 2.67 bits per heavy atom. The van der Waals surface area contributed by atoms with E-state index in [1.807, 2.05) is 71.6 Å². The van der Waals surface area contributed by atoms with Gasteiger partial charge in [-0.3, -0.25) is 19.3 Å². The third-order valence-electron chi connectivity index (χ3n) is 9.26. The van der Waals surface area contributed by atoms with Crippen LogP contribution < -0.4 is 25.0 Å². The molecule has 1 fully saturated rings. The molecular weight excluding hydrogens is 572 g/mol. The van der Waals surface area contributed by atoms with Crippen molar-refractivity contribution in [3.8, 4) is 11.5 Å². The number of carbonyl (C=O) groups is 3. The van der Waals surface area contributed by atoms with Crippen LogP contribution in [-0.2, 0) is 27.3 Å². The van der Waals surface area contributed by atoms with Gasteiger partial charge in [-0.25, -0.2) is 0 Å². The molecule has 3 aliphatic rings. The molecule has 236 valence electrons. The molecule has 3 unspecified atom stereocenters. The van der Waals surface area contributed by atoms with Crippen molar-refractivity contribution < 1.29 is 29.0 Å². The summed E-state index contributed by atoms with van der Waals surface area (Å²) < 4.78 is 11.1. The molecule has 0 spiro atoms. The fourth-order valence-corrected chi connectivity index (χ4v) is 6.98. The number of nitrogens with two attached hydrogens (primary N) is 1. The number of para-hydroxylation sites is 1. The minimum Gasteiger partial charge on any atom is -0.481 e. The minimum absolute atomic E-state index is 0.00143. The number of hydrogen-bond acceptors (Lipinski definition) is 7. The van der Waals surface area contributed by atoms with Crippen LogP contribution in [0.2, 0.25) is 0 Å². The Morgan fingerprint density at radius 1 is 1.04 bits per heavy atom. The molecule has 0 radical (unpaired) electrons. The van der Waals surface area contributed by atoms with Gasteiger partial charge in [-0.05, 0) is 59.9 Å². The van der Waals surface area contributed by atoms with Gasteiger partial charge in [0.2, 0.25) is 18.6 Å². The number of aliphatic carboxylic acids is 1. The number of nitrogens with zero attached hydrogens (tertiary/aromatic N) is 3. The summed E-state index contributed by atoms with van der Waals surface area (Å²) in [7, 11) is 0. The number of carbonyl (C=O) groups excluding carboxylic acids is 2. The summed E-state index contributed by atoms with van der Waals surface area (Å²) in [5, 5.41) is 10.7. The van der Waals surface area contributed by atoms with Crippen LogP contribution in [0.1, 0.15) is 48.8 Å². The largest absolute Gasteiger partial charge is 0.481 e. The maximum absolute atomic E-state index is 14.1. The average molecular weight is 613 g/mol. The van der Waals surface area contributed by atoms with Gasteiger partial charge in [0.1, 0.15) is 0 Å². The maximum Gasteiger partial charge on any atom is 0.308 e. The van der Waals surface area contributed by atoms with Gasteiger partial charge in [0.15, 0.2) is 11.5 Å². The molecule has 3 aliphatic heterocycles. The van der Waals surface area contributed by atoms with E-state index in [2.05, 4.69) is 6.92 Å². The molecule has 1 saturated heterocycles. The molecule has 45 heavy (non-hydrogen) atoms. The number of benzene rings is 3. The standard InChI is InChI=1S/C35H40N4O6/c1-2-3-14-38(26-9-6-7-23(16-26)19-36)33(41)21-37-20-27(24-11-12-30-31(17-24)45-22-44-30)34(35(42)43)29(37)13-15-39-28-10-5-4-8-25(28)18-32(39)40/h4-12,16-17,27,29,34H,2-3,13-15,18-22,36H2,1H3,(H,42,43). The summed E-state index contributed by atoms with van der Waals surface area (Å²) in [6, 6.07) is 20.5. The number of carboxylic acids is 1. The van der Waals surface area contributed by atoms with Gasteiger partial charge in [-0.2, -0.15) is 0 Å². The number of ether oxygens (including phenoxy) is 2. The zero-order valence-electron chi connectivity index (χ0n) is 25.6. The van der Waals surface area contributed by atoms with E-state index in [1.54, 1.807) is 9.80 Å². The quantitative estimate of drug-likeness (QED) is 0.313. The zero-order valence-corrected chi connectivity index (χ0v) is 25.6. The van der Waals surface area contributed by atoms with Gasteiger partial charge in [-0.1, -0.05) is 49.7 Å². The van der Waals surface area contributed by atoms with Crippen LogP contribution in [0.25, 0.3) is 0 Å². The lowest BCUT2D eigenvalue weighted by atomic mass is 9.84. The molecule has 2 amide bonds. The van der Waals surface area contributed by atoms with Gasteiger partial charge in [0.05, 0.1) is 18.9 Å². The third kappa shape index (κ3) is 6.25. The number of likely N-dealkylation sites (tertiary alicyclic amines) is 1. The molecule has 0 aliphatic carbocycles. The van der Waals surface area contributed by atoms with Gasteiger partial charge in [-0.15, -0.1) is 0 Å². The molecule has 3 heterocycles. The molecule has 3 atom stereocenters. The second-order valence-electron chi connectivity index (χ2n) is 12.0. The highest BCUT2D eigenvalue weighted by atomic mass is 16.7. The first kappa shape index (κ1) is 30.6. The van der Waals surface area contributed by atoms with Crippen molar-refractivity contribution in [1.82, 2.24) is 4.90 Å². The van der Waals surface area contributed by atoms with Crippen LogP contribution >= 0.6 is 0 Å². The van der Waals surface area contributed by atoms with Gasteiger partial charge < -0.3 is 30.1 Å². The molecular formula is C35H40N4O6. The number of hydrogen-bond donors (Lipinski definition) is 2. The van der Waals surface area contributed by atoms with Crippen molar-refractivity contribution in [2.24, 2.45) is 11.7 Å². The molecule has 3 aromatic carbocycles. The Balaban J connectivity index is 1.30. The Bertz CT molecular complexity index is 1580. The topological polar surface area (TPSA) is 126 Å². The van der Waals surface area contributed by atoms with E-state index < -0.39 is 17.9 Å². The lowest BCUT2D eigenvalue weighted by Gasteiger charge is -2.31. The van der Waals surface area contributed by atoms with Crippen LogP contribution in [0.3, 0.4) is 0 Å². The second-order valence-corrected chi connectivity index (χ2v) is 12.0. The third-order valence-corrected chi connectivity index (χ3v) is 9.26. The monoisotopic (exact) mass is 612 g/mol. The van der Waals surface area contributed by atoms with Crippen molar-refractivity contribution in [3.63, 3.8) is 0 Å². The molecule has 0 bridgehead atoms. The normalized spacial score (nSPS) is 20.4. The zero-order chi connectivity index (χ0) is 31.5. The average Bonchev–Trinajstić information content (AvgIpc) is 3.74. The Morgan fingerprint density at radius 2 is 1.87 bits per heavy atom. The van der Waals surface area contributed by atoms with E-state index >= 15 is 0 Å². The van der Waals surface area contributed by atoms with Crippen molar-refractivity contribution >= 4 is 29.2 Å². The summed E-state index contributed by atoms with van der Waals surface area (Å²) in [6.07, 6.45) is 2.49. The number of carboxylic acid groups (broad SMARTS) is 1. The SMILES string of the molecule is CCCCN(C(=O)CN1CC(c2ccc3c(c2)OCO3)C(C(=O)O)C1CCN1C(=O)Cc2ccccc21)c1cccc(CN)c1. The summed E-state index contributed by atoms with van der Waals surface area (Å²) in [4.78, 5) is 45.7. The smallest absolute Gasteiger partial charge is 0.308 e. The number of rotatable bonds is 12. The second kappa shape index (κ2) is 13.3. The Kier molecular flexibility index (Phi) is 9.04. The van der Waals surface area contributed by atoms with Gasteiger partial charge >= 0.3 is 5.97 Å². The molecule has 0 saturated carbocycles. The molecule has 6 rings (SSSR count). The van der Waals surface area contributed by atoms with Gasteiger partial charge in [0.25, 0.3) is 0 Å². The number of unbranched alkanes of at least 4 members (excludes halogenated alkanes) is 1. The van der Waals surface area contributed by atoms with E-state index in [0.717, 1.165) is 40.9 Å². The number of amides is 2. The van der Waals surface area contributed by atoms with E-state index in [-0.39, 0.29) is 31.1 Å². The lowest BCUT2D eigenvalue weighted by Crippen LogP contribution is -2.46. The summed E-state index contributed by atoms with van der Waals surface area (Å²) in [5.74, 6) is -0.986. The molecule has 3 N–H and O–H groups in total. The minimum atomic E-state index is -0.927. The Labute approximate surface area is 263 Å². The lowest BCUT2D eigenvalue weighted by molar-refractivity contribution is -0.143. The molecule has 10 nitrogen and oxygen atoms in total. The fraction of sp³-hybridized carbons (Fsp3) is 0.400. The van der Waals surface area contributed by atoms with Crippen LogP contribution in [-0.4, -0.2) is 66.8 Å². The number of fused-ring (bicyclic) bond motifs is 2. The van der Waals surface area contributed by atoms with Crippen molar-refractivity contribution in [3.05, 3.63) is 83.4 Å². The predicted octanol–water partition coefficient (Wildman–Crippen LogP) is 4.16. The van der Waals surface area contributed by atoms with Gasteiger partial charge in [0, 0.05) is 49.5 Å². The fourth-order valence-electron chi connectivity index (χ4n) is 6.98.